The van der Waals surface area contributed by atoms with Crippen molar-refractivity contribution < 1.29 is 23.5 Å². The number of aromatic carboxylic acids is 1. The summed E-state index contributed by atoms with van der Waals surface area (Å²) in [4.78, 5) is 34.2. The molecule has 0 saturated carbocycles. The third-order valence-electron chi connectivity index (χ3n) is 5.38. The lowest BCUT2D eigenvalue weighted by molar-refractivity contribution is 0.0697. The van der Waals surface area contributed by atoms with Crippen molar-refractivity contribution in [2.24, 2.45) is 0 Å². The van der Waals surface area contributed by atoms with E-state index in [9.17, 15) is 23.5 Å². The average Bonchev–Trinajstić information content (AvgIpc) is 2.80. The Kier molecular flexibility index (Phi) is 6.37. The first-order chi connectivity index (χ1) is 16.3. The van der Waals surface area contributed by atoms with Crippen LogP contribution in [0.15, 0.2) is 36.4 Å². The lowest BCUT2D eigenvalue weighted by Gasteiger charge is -2.31. The molecule has 9 nitrogen and oxygen atoms in total. The molecule has 4 rings (SSSR count). The van der Waals surface area contributed by atoms with Gasteiger partial charge >= 0.3 is 12.0 Å². The first kappa shape index (κ1) is 23.1. The zero-order chi connectivity index (χ0) is 24.4. The molecule has 4 N–H and O–H groups in total. The highest BCUT2D eigenvalue weighted by Gasteiger charge is 2.34. The molecule has 1 aromatic heterocycles. The summed E-state index contributed by atoms with van der Waals surface area (Å²) in [5, 5.41) is 18.1. The molecule has 1 aliphatic heterocycles. The number of halogens is 2. The molecule has 0 atom stereocenters. The van der Waals surface area contributed by atoms with Gasteiger partial charge in [0, 0.05) is 24.2 Å². The van der Waals surface area contributed by atoms with E-state index in [0.29, 0.717) is 29.9 Å². The molecule has 34 heavy (non-hydrogen) atoms. The quantitative estimate of drug-likeness (QED) is 0.392. The van der Waals surface area contributed by atoms with Crippen molar-refractivity contribution in [1.29, 1.82) is 0 Å². The number of fused-ring (bicyclic) bond motifs is 1. The Morgan fingerprint density at radius 2 is 1.91 bits per heavy atom. The van der Waals surface area contributed by atoms with Gasteiger partial charge in [-0.15, -0.1) is 0 Å². The summed E-state index contributed by atoms with van der Waals surface area (Å²) in [6, 6.07) is 7.15. The number of urea groups is 1. The van der Waals surface area contributed by atoms with Gasteiger partial charge in [0.05, 0.1) is 17.8 Å². The number of hydrogen-bond acceptors (Lipinski definition) is 6. The summed E-state index contributed by atoms with van der Waals surface area (Å²) in [5.41, 5.74) is 1.46. The Bertz CT molecular complexity index is 1260. The summed E-state index contributed by atoms with van der Waals surface area (Å²) in [6.07, 6.45) is 0. The number of benzene rings is 2. The van der Waals surface area contributed by atoms with Gasteiger partial charge in [-0.3, -0.25) is 0 Å². The molecule has 0 spiro atoms. The zero-order valence-corrected chi connectivity index (χ0v) is 18.4. The number of carbonyl (C=O) groups excluding carboxylic acids is 1. The van der Waals surface area contributed by atoms with Gasteiger partial charge in [0.2, 0.25) is 5.95 Å². The van der Waals surface area contributed by atoms with E-state index in [2.05, 4.69) is 25.9 Å². The van der Waals surface area contributed by atoms with Gasteiger partial charge in [-0.2, -0.15) is 4.98 Å². The highest BCUT2D eigenvalue weighted by atomic mass is 19.1. The Morgan fingerprint density at radius 3 is 2.59 bits per heavy atom. The normalized spacial score (nSPS) is 12.8. The van der Waals surface area contributed by atoms with E-state index >= 15 is 0 Å². The molecule has 0 unspecified atom stereocenters. The van der Waals surface area contributed by atoms with Crippen molar-refractivity contribution in [1.82, 2.24) is 20.6 Å². The number of nitrogens with one attached hydrogen (secondary N) is 3. The number of carboxylic acid groups (broad SMARTS) is 1. The fraction of sp³-hybridized carbons (Fsp3) is 0.217. The minimum absolute atomic E-state index is 0.00448. The largest absolute Gasteiger partial charge is 0.478 e. The summed E-state index contributed by atoms with van der Waals surface area (Å²) < 4.78 is 29.4. The molecular weight excluding hydrogens is 446 g/mol. The van der Waals surface area contributed by atoms with Crippen molar-refractivity contribution in [3.05, 3.63) is 64.7 Å². The second-order valence-electron chi connectivity index (χ2n) is 7.63. The molecule has 0 bridgehead atoms. The molecule has 3 aromatic rings. The molecule has 0 radical (unpaired) electrons. The maximum absolute atomic E-state index is 14.7. The number of aryl methyl sites for hydroxylation is 1. The minimum Gasteiger partial charge on any atom is -0.478 e. The predicted molar refractivity (Wildman–Crippen MR) is 122 cm³/mol. The lowest BCUT2D eigenvalue weighted by Crippen LogP contribution is -2.43. The minimum atomic E-state index is -1.11. The second kappa shape index (κ2) is 9.40. The van der Waals surface area contributed by atoms with Crippen molar-refractivity contribution in [3.63, 3.8) is 0 Å². The standard InChI is InChI=1S/C23H22F2N6O3/c1-12-6-7-13(21(32)33)10-14(12)18-15-11-28-23(34)31(19-16(24)4-3-5-17(19)25)20(15)30-22(29-18)27-9-8-26-2/h3-7,10,26H,8-9,11H2,1-2H3,(H,28,34)(H,32,33)(H,27,29,30). The topological polar surface area (TPSA) is 119 Å². The number of likely N-dealkylation sites (N-methyl/N-ethyl adjacent to an activating group) is 1. The van der Waals surface area contributed by atoms with Gasteiger partial charge < -0.3 is 21.1 Å². The van der Waals surface area contributed by atoms with E-state index in [1.54, 1.807) is 20.0 Å². The van der Waals surface area contributed by atoms with Crippen LogP contribution in [-0.4, -0.2) is 47.2 Å². The average molecular weight is 468 g/mol. The van der Waals surface area contributed by atoms with E-state index < -0.39 is 29.3 Å². The van der Waals surface area contributed by atoms with Crippen molar-refractivity contribution in [3.8, 4) is 11.3 Å². The Labute approximate surface area is 193 Å². The molecule has 0 saturated heterocycles. The highest BCUT2D eigenvalue weighted by Crippen LogP contribution is 2.39. The molecular formula is C23H22F2N6O3. The fourth-order valence-corrected chi connectivity index (χ4v) is 3.68. The molecule has 2 aromatic carbocycles. The molecule has 176 valence electrons. The van der Waals surface area contributed by atoms with Crippen LogP contribution in [0.2, 0.25) is 0 Å². The summed E-state index contributed by atoms with van der Waals surface area (Å²) >= 11 is 0. The third kappa shape index (κ3) is 4.25. The van der Waals surface area contributed by atoms with Gasteiger partial charge in [-0.25, -0.2) is 28.3 Å². The lowest BCUT2D eigenvalue weighted by atomic mass is 9.98. The SMILES string of the molecule is CNCCNc1nc(-c2cc(C(=O)O)ccc2C)c2c(n1)N(c1c(F)cccc1F)C(=O)NC2. The van der Waals surface area contributed by atoms with Crippen LogP contribution in [0.5, 0.6) is 0 Å². The van der Waals surface area contributed by atoms with Crippen molar-refractivity contribution in [2.45, 2.75) is 13.5 Å². The van der Waals surface area contributed by atoms with Crippen LogP contribution in [0.4, 0.5) is 31.0 Å². The number of carboxylic acids is 1. The molecule has 0 fully saturated rings. The van der Waals surface area contributed by atoms with Gasteiger partial charge in [0.15, 0.2) is 5.82 Å². The van der Waals surface area contributed by atoms with Gasteiger partial charge in [0.1, 0.15) is 17.3 Å². The first-order valence-corrected chi connectivity index (χ1v) is 10.5. The van der Waals surface area contributed by atoms with Crippen LogP contribution in [0.1, 0.15) is 21.5 Å². The molecule has 2 heterocycles. The smallest absolute Gasteiger partial charge is 0.335 e. The number of aromatic nitrogens is 2. The fourth-order valence-electron chi connectivity index (χ4n) is 3.68. The summed E-state index contributed by atoms with van der Waals surface area (Å²) in [6.45, 7) is 2.79. The van der Waals surface area contributed by atoms with E-state index in [4.69, 9.17) is 0 Å². The molecule has 11 heteroatoms. The van der Waals surface area contributed by atoms with Crippen LogP contribution >= 0.6 is 0 Å². The van der Waals surface area contributed by atoms with Crippen LogP contribution < -0.4 is 20.9 Å². The van der Waals surface area contributed by atoms with E-state index in [1.165, 1.54) is 18.2 Å². The number of hydrogen-bond donors (Lipinski definition) is 4. The monoisotopic (exact) mass is 468 g/mol. The number of rotatable bonds is 7. The van der Waals surface area contributed by atoms with Crippen molar-refractivity contribution in [2.75, 3.05) is 30.4 Å². The van der Waals surface area contributed by atoms with Gasteiger partial charge in [-0.1, -0.05) is 12.1 Å². The number of carbonyl (C=O) groups is 2. The van der Waals surface area contributed by atoms with Gasteiger partial charge in [-0.05, 0) is 43.8 Å². The Balaban J connectivity index is 1.97. The number of nitrogens with zero attached hydrogens (tertiary/aromatic N) is 3. The van der Waals surface area contributed by atoms with Crippen LogP contribution in [-0.2, 0) is 6.54 Å². The molecule has 0 aliphatic carbocycles. The molecule has 1 aliphatic rings. The van der Waals surface area contributed by atoms with Crippen molar-refractivity contribution >= 4 is 29.5 Å². The zero-order valence-electron chi connectivity index (χ0n) is 18.4. The van der Waals surface area contributed by atoms with Gasteiger partial charge in [0.25, 0.3) is 0 Å². The Hall–Kier alpha value is -4.12. The summed E-state index contributed by atoms with van der Waals surface area (Å²) in [5.74, 6) is -2.85. The second-order valence-corrected chi connectivity index (χ2v) is 7.63. The van der Waals surface area contributed by atoms with Crippen LogP contribution in [0.25, 0.3) is 11.3 Å². The maximum atomic E-state index is 14.7. The number of amides is 2. The Morgan fingerprint density at radius 1 is 1.18 bits per heavy atom. The predicted octanol–water partition coefficient (Wildman–Crippen LogP) is 3.42. The maximum Gasteiger partial charge on any atom is 0.335 e. The first-order valence-electron chi connectivity index (χ1n) is 10.5. The number of para-hydroxylation sites is 1. The van der Waals surface area contributed by atoms with Crippen LogP contribution in [0.3, 0.4) is 0 Å². The molecule has 2 amide bonds. The third-order valence-corrected chi connectivity index (χ3v) is 5.38. The highest BCUT2D eigenvalue weighted by molar-refractivity contribution is 6.02. The summed E-state index contributed by atoms with van der Waals surface area (Å²) in [7, 11) is 1.77. The van der Waals surface area contributed by atoms with E-state index in [-0.39, 0.29) is 23.9 Å². The van der Waals surface area contributed by atoms with Crippen LogP contribution in [0, 0.1) is 18.6 Å². The number of anilines is 3. The van der Waals surface area contributed by atoms with E-state index in [0.717, 1.165) is 22.6 Å². The van der Waals surface area contributed by atoms with E-state index in [1.807, 2.05) is 0 Å².